The number of carbonyl (C=O) groups excluding carboxylic acids is 2. The number of amides is 2. The third-order valence-corrected chi connectivity index (χ3v) is 10.4. The van der Waals surface area contributed by atoms with Crippen molar-refractivity contribution >= 4 is 23.4 Å². The molecule has 8 atom stereocenters. The molecule has 0 aromatic rings. The third-order valence-electron chi connectivity index (χ3n) is 9.89. The molecule has 0 spiro atoms. The Morgan fingerprint density at radius 2 is 1.87 bits per heavy atom. The van der Waals surface area contributed by atoms with Gasteiger partial charge >= 0.3 is 0 Å². The van der Waals surface area contributed by atoms with E-state index in [1.54, 1.807) is 7.11 Å². The van der Waals surface area contributed by atoms with E-state index < -0.39 is 34.8 Å². The van der Waals surface area contributed by atoms with Crippen LogP contribution < -0.4 is 16.1 Å². The molecule has 11 heteroatoms. The molecule has 9 nitrogen and oxygen atoms in total. The van der Waals surface area contributed by atoms with Gasteiger partial charge in [0.15, 0.2) is 6.10 Å². The smallest absolute Gasteiger partial charge is 0.251 e. The molecule has 1 aliphatic heterocycles. The van der Waals surface area contributed by atoms with Crippen LogP contribution in [-0.4, -0.2) is 83.7 Å². The van der Waals surface area contributed by atoms with Gasteiger partial charge in [-0.05, 0) is 57.8 Å². The van der Waals surface area contributed by atoms with Gasteiger partial charge in [0.2, 0.25) is 5.91 Å². The van der Waals surface area contributed by atoms with Crippen molar-refractivity contribution in [2.45, 2.75) is 137 Å². The predicted molar refractivity (Wildman–Crippen MR) is 138 cm³/mol. The van der Waals surface area contributed by atoms with Crippen LogP contribution in [0.25, 0.3) is 0 Å². The first-order valence-corrected chi connectivity index (χ1v) is 14.8. The average molecular weight is 560 g/mol. The Morgan fingerprint density at radius 1 is 1.11 bits per heavy atom. The largest absolute Gasteiger partial charge is 0.391 e. The summed E-state index contributed by atoms with van der Waals surface area (Å²) < 4.78 is 25.2. The maximum atomic E-state index is 13.9. The van der Waals surface area contributed by atoms with Gasteiger partial charge in [-0.2, -0.15) is 5.48 Å². The molecule has 38 heavy (non-hydrogen) atoms. The van der Waals surface area contributed by atoms with Gasteiger partial charge in [-0.25, -0.2) is 4.39 Å². The fourth-order valence-corrected chi connectivity index (χ4v) is 7.73. The van der Waals surface area contributed by atoms with Crippen LogP contribution in [0.1, 0.15) is 83.5 Å². The molecule has 1 saturated heterocycles. The Morgan fingerprint density at radius 3 is 2.58 bits per heavy atom. The minimum atomic E-state index is -1.12. The summed E-state index contributed by atoms with van der Waals surface area (Å²) >= 11 is 5.93. The summed E-state index contributed by atoms with van der Waals surface area (Å²) in [6.07, 6.45) is 6.62. The zero-order valence-electron chi connectivity index (χ0n) is 22.3. The molecule has 0 radical (unpaired) electrons. The number of hydrogen-bond donors (Lipinski definition) is 4. The fraction of sp³-hybridized carbons (Fsp3) is 0.926. The predicted octanol–water partition coefficient (Wildman–Crippen LogP) is 2.42. The first-order chi connectivity index (χ1) is 18.2. The molecule has 2 bridgehead atoms. The highest BCUT2D eigenvalue weighted by molar-refractivity contribution is 6.21. The molecule has 2 amide bonds. The van der Waals surface area contributed by atoms with Crippen molar-refractivity contribution in [2.24, 2.45) is 5.92 Å². The van der Waals surface area contributed by atoms with E-state index in [4.69, 9.17) is 25.9 Å². The van der Waals surface area contributed by atoms with Crippen LogP contribution >= 0.6 is 11.6 Å². The van der Waals surface area contributed by atoms with Crippen LogP contribution in [0.4, 0.5) is 4.39 Å². The van der Waals surface area contributed by atoms with Crippen molar-refractivity contribution in [3.05, 3.63) is 0 Å². The number of aliphatic hydroxyl groups excluding tert-OH is 1. The SMILES string of the molecule is COC1CCCCC1C1CC(C(=O)NC23CCC(NC(=O)COC4CCC(Cl)C(F)C4)(CC2)C(O)C3)ON1. The van der Waals surface area contributed by atoms with Gasteiger partial charge in [-0.15, -0.1) is 11.6 Å². The van der Waals surface area contributed by atoms with E-state index in [1.165, 1.54) is 6.42 Å². The van der Waals surface area contributed by atoms with Gasteiger partial charge in [-0.1, -0.05) is 12.8 Å². The van der Waals surface area contributed by atoms with Crippen LogP contribution in [0, 0.1) is 5.92 Å². The quantitative estimate of drug-likeness (QED) is 0.337. The summed E-state index contributed by atoms with van der Waals surface area (Å²) in [5.74, 6) is -0.126. The molecule has 6 rings (SSSR count). The first kappa shape index (κ1) is 28.5. The highest BCUT2D eigenvalue weighted by Crippen LogP contribution is 2.47. The summed E-state index contributed by atoms with van der Waals surface area (Å²) in [6.45, 7) is -0.168. The van der Waals surface area contributed by atoms with Crippen LogP contribution in [0.3, 0.4) is 0 Å². The number of hydrogen-bond acceptors (Lipinski definition) is 7. The number of ether oxygens (including phenoxy) is 2. The Hall–Kier alpha value is -1.04. The summed E-state index contributed by atoms with van der Waals surface area (Å²) in [7, 11) is 1.75. The van der Waals surface area contributed by atoms with E-state index in [-0.39, 0.29) is 43.1 Å². The zero-order chi connectivity index (χ0) is 26.9. The van der Waals surface area contributed by atoms with Crippen molar-refractivity contribution in [2.75, 3.05) is 13.7 Å². The number of hydroxylamine groups is 1. The molecule has 0 aromatic heterocycles. The minimum Gasteiger partial charge on any atom is -0.391 e. The van der Waals surface area contributed by atoms with Crippen LogP contribution in [0.15, 0.2) is 0 Å². The Labute approximate surface area is 229 Å². The van der Waals surface area contributed by atoms with Crippen molar-refractivity contribution in [1.29, 1.82) is 0 Å². The number of rotatable bonds is 8. The first-order valence-electron chi connectivity index (χ1n) is 14.4. The molecule has 8 unspecified atom stereocenters. The third kappa shape index (κ3) is 6.00. The second kappa shape index (κ2) is 11.8. The maximum absolute atomic E-state index is 13.9. The molecule has 216 valence electrons. The zero-order valence-corrected chi connectivity index (χ0v) is 23.0. The molecule has 5 saturated carbocycles. The lowest BCUT2D eigenvalue weighted by Gasteiger charge is -2.56. The van der Waals surface area contributed by atoms with Crippen LogP contribution in [0.2, 0.25) is 0 Å². The van der Waals surface area contributed by atoms with Crippen molar-refractivity contribution in [3.8, 4) is 0 Å². The van der Waals surface area contributed by atoms with Gasteiger partial charge in [-0.3, -0.25) is 14.4 Å². The van der Waals surface area contributed by atoms with Crippen molar-refractivity contribution in [3.63, 3.8) is 0 Å². The number of carbonyl (C=O) groups is 2. The summed E-state index contributed by atoms with van der Waals surface area (Å²) in [5.41, 5.74) is 1.87. The Kier molecular flexibility index (Phi) is 8.87. The molecule has 4 N–H and O–H groups in total. The monoisotopic (exact) mass is 559 g/mol. The maximum Gasteiger partial charge on any atom is 0.251 e. The highest BCUT2D eigenvalue weighted by atomic mass is 35.5. The normalized spacial score (nSPS) is 45.1. The van der Waals surface area contributed by atoms with E-state index >= 15 is 0 Å². The molecule has 6 fully saturated rings. The fourth-order valence-electron chi connectivity index (χ4n) is 7.50. The van der Waals surface area contributed by atoms with Gasteiger partial charge in [0, 0.05) is 37.5 Å². The Balaban J connectivity index is 1.09. The van der Waals surface area contributed by atoms with E-state index in [1.807, 2.05) is 0 Å². The van der Waals surface area contributed by atoms with Crippen molar-refractivity contribution < 1.29 is 33.4 Å². The second-order valence-corrected chi connectivity index (χ2v) is 12.8. The summed E-state index contributed by atoms with van der Waals surface area (Å²) in [5, 5.41) is 16.8. The van der Waals surface area contributed by atoms with E-state index in [9.17, 15) is 19.1 Å². The number of aliphatic hydroxyl groups is 1. The van der Waals surface area contributed by atoms with Crippen LogP contribution in [-0.2, 0) is 23.9 Å². The molecule has 6 aliphatic rings. The lowest BCUT2D eigenvalue weighted by atomic mass is 9.59. The van der Waals surface area contributed by atoms with Crippen molar-refractivity contribution in [1.82, 2.24) is 16.1 Å². The molecule has 0 aromatic carbocycles. The molecular weight excluding hydrogens is 517 g/mol. The lowest BCUT2D eigenvalue weighted by Crippen LogP contribution is -2.70. The lowest BCUT2D eigenvalue weighted by molar-refractivity contribution is -0.144. The van der Waals surface area contributed by atoms with Gasteiger partial charge in [0.1, 0.15) is 12.8 Å². The number of methoxy groups -OCH3 is 1. The molecule has 5 aliphatic carbocycles. The molecule has 1 heterocycles. The number of halogens is 2. The van der Waals surface area contributed by atoms with Crippen LogP contribution in [0.5, 0.6) is 0 Å². The van der Waals surface area contributed by atoms with Gasteiger partial charge < -0.3 is 25.2 Å². The van der Waals surface area contributed by atoms with Gasteiger partial charge in [0.25, 0.3) is 5.91 Å². The number of fused-ring (bicyclic) bond motifs is 3. The second-order valence-electron chi connectivity index (χ2n) is 12.3. The molecular formula is C27H43ClFN3O6. The van der Waals surface area contributed by atoms with Gasteiger partial charge in [0.05, 0.1) is 29.2 Å². The topological polar surface area (TPSA) is 118 Å². The average Bonchev–Trinajstić information content (AvgIpc) is 3.41. The Bertz CT molecular complexity index is 859. The number of alkyl halides is 2. The van der Waals surface area contributed by atoms with E-state index in [0.717, 1.165) is 19.3 Å². The van der Waals surface area contributed by atoms with E-state index in [2.05, 4.69) is 16.1 Å². The van der Waals surface area contributed by atoms with E-state index in [0.29, 0.717) is 57.3 Å². The summed E-state index contributed by atoms with van der Waals surface area (Å²) in [6, 6.07) is 0.0858. The number of nitrogens with one attached hydrogen (secondary N) is 3. The standard InChI is InChI=1S/C27H43ClFN3O6/c1-36-21-5-3-2-4-17(21)20-13-22(38-32-20)25(35)31-26-8-10-27(11-9-26,23(33)14-26)30-24(34)15-37-16-6-7-18(28)19(29)12-16/h16-23,32-33H,2-15H2,1H3,(H,30,34)(H,31,35). The minimum absolute atomic E-state index is 0.0858. The highest BCUT2D eigenvalue weighted by Gasteiger charge is 2.56. The summed E-state index contributed by atoms with van der Waals surface area (Å²) in [4.78, 5) is 31.6.